The van der Waals surface area contributed by atoms with Crippen LogP contribution < -0.4 is 4.74 Å². The van der Waals surface area contributed by atoms with Crippen LogP contribution in [-0.4, -0.2) is 11.8 Å². The maximum atomic E-state index is 13.6. The van der Waals surface area contributed by atoms with Crippen molar-refractivity contribution in [3.63, 3.8) is 0 Å². The molecule has 2 aromatic carbocycles. The van der Waals surface area contributed by atoms with Gasteiger partial charge in [-0.15, -0.1) is 0 Å². The molecule has 0 saturated heterocycles. The topological polar surface area (TPSA) is 43.4 Å². The summed E-state index contributed by atoms with van der Waals surface area (Å²) in [7, 11) is 0. The molecular formula is C15H7F5O3. The van der Waals surface area contributed by atoms with Gasteiger partial charge in [0.25, 0.3) is 0 Å². The second-order valence-corrected chi connectivity index (χ2v) is 4.39. The summed E-state index contributed by atoms with van der Waals surface area (Å²) in [6, 6.07) is 4.33. The first-order valence-electron chi connectivity index (χ1n) is 6.08. The Balaban J connectivity index is 2.47. The fourth-order valence-corrected chi connectivity index (χ4v) is 1.79. The van der Waals surface area contributed by atoms with Crippen molar-refractivity contribution in [1.29, 1.82) is 0 Å². The highest BCUT2D eigenvalue weighted by molar-refractivity contribution is 6.09. The highest BCUT2D eigenvalue weighted by atomic mass is 19.2. The number of benzene rings is 2. The van der Waals surface area contributed by atoms with E-state index in [4.69, 9.17) is 0 Å². The molecule has 8 heteroatoms. The number of ether oxygens (including phenoxy) is 1. The van der Waals surface area contributed by atoms with E-state index < -0.39 is 46.4 Å². The van der Waals surface area contributed by atoms with Gasteiger partial charge in [0.15, 0.2) is 29.1 Å². The molecule has 0 unspecified atom stereocenters. The Morgan fingerprint density at radius 3 is 1.65 bits per heavy atom. The molecule has 2 aromatic rings. The van der Waals surface area contributed by atoms with Gasteiger partial charge in [0.2, 0.25) is 5.82 Å². The van der Waals surface area contributed by atoms with E-state index in [9.17, 15) is 31.5 Å². The fraction of sp³-hybridized carbons (Fsp3) is 0.0667. The van der Waals surface area contributed by atoms with Crippen molar-refractivity contribution in [3.8, 4) is 5.75 Å². The van der Waals surface area contributed by atoms with Gasteiger partial charge in [-0.2, -0.15) is 0 Å². The van der Waals surface area contributed by atoms with Crippen LogP contribution in [0, 0.1) is 29.1 Å². The molecule has 0 aliphatic carbocycles. The van der Waals surface area contributed by atoms with Crippen molar-refractivity contribution >= 4 is 11.8 Å². The van der Waals surface area contributed by atoms with E-state index in [0.717, 1.165) is 31.2 Å². The van der Waals surface area contributed by atoms with E-state index in [2.05, 4.69) is 4.74 Å². The lowest BCUT2D eigenvalue weighted by atomic mass is 10.0. The zero-order valence-corrected chi connectivity index (χ0v) is 11.4. The van der Waals surface area contributed by atoms with E-state index in [1.807, 2.05) is 0 Å². The molecule has 0 fully saturated rings. The summed E-state index contributed by atoms with van der Waals surface area (Å²) in [6.07, 6.45) is 0. The Morgan fingerprint density at radius 2 is 1.22 bits per heavy atom. The minimum atomic E-state index is -2.35. The third kappa shape index (κ3) is 3.05. The predicted octanol–water partition coefficient (Wildman–Crippen LogP) is 3.54. The van der Waals surface area contributed by atoms with Crippen molar-refractivity contribution in [3.05, 3.63) is 64.5 Å². The molecule has 23 heavy (non-hydrogen) atoms. The zero-order valence-electron chi connectivity index (χ0n) is 11.4. The van der Waals surface area contributed by atoms with Crippen LogP contribution in [0.5, 0.6) is 5.75 Å². The van der Waals surface area contributed by atoms with Crippen molar-refractivity contribution in [1.82, 2.24) is 0 Å². The largest absolute Gasteiger partial charge is 0.427 e. The number of ketones is 1. The van der Waals surface area contributed by atoms with Crippen LogP contribution in [0.1, 0.15) is 22.8 Å². The van der Waals surface area contributed by atoms with Crippen LogP contribution in [0.25, 0.3) is 0 Å². The van der Waals surface area contributed by atoms with Gasteiger partial charge in [-0.05, 0) is 24.3 Å². The van der Waals surface area contributed by atoms with E-state index in [-0.39, 0.29) is 11.3 Å². The predicted molar refractivity (Wildman–Crippen MR) is 67.4 cm³/mol. The average molecular weight is 330 g/mol. The third-order valence-corrected chi connectivity index (χ3v) is 2.81. The summed E-state index contributed by atoms with van der Waals surface area (Å²) in [4.78, 5) is 22.7. The Kier molecular flexibility index (Phi) is 4.44. The van der Waals surface area contributed by atoms with Crippen LogP contribution in [0.4, 0.5) is 22.0 Å². The second-order valence-electron chi connectivity index (χ2n) is 4.39. The second kappa shape index (κ2) is 6.15. The van der Waals surface area contributed by atoms with Gasteiger partial charge in [0, 0.05) is 12.5 Å². The summed E-state index contributed by atoms with van der Waals surface area (Å²) in [5.41, 5.74) is -1.90. The van der Waals surface area contributed by atoms with E-state index in [1.54, 1.807) is 0 Å². The summed E-state index contributed by atoms with van der Waals surface area (Å²) in [5, 5.41) is 0. The standard InChI is InChI=1S/C15H7F5O3/c1-6(21)23-8-4-2-7(3-5-8)15(22)9-10(16)12(18)14(20)13(19)11(9)17/h2-5H,1H3. The van der Waals surface area contributed by atoms with Crippen LogP contribution in [-0.2, 0) is 4.79 Å². The Bertz CT molecular complexity index is 771. The highest BCUT2D eigenvalue weighted by Crippen LogP contribution is 2.25. The van der Waals surface area contributed by atoms with Crippen LogP contribution in [0.15, 0.2) is 24.3 Å². The molecule has 0 atom stereocenters. The number of carbonyl (C=O) groups is 2. The number of esters is 1. The number of hydrogen-bond donors (Lipinski definition) is 0. The number of carbonyl (C=O) groups excluding carboxylic acids is 2. The maximum absolute atomic E-state index is 13.6. The molecule has 0 N–H and O–H groups in total. The molecule has 3 nitrogen and oxygen atoms in total. The van der Waals surface area contributed by atoms with Crippen molar-refractivity contribution in [2.45, 2.75) is 6.92 Å². The first-order valence-corrected chi connectivity index (χ1v) is 6.08. The SMILES string of the molecule is CC(=O)Oc1ccc(C(=O)c2c(F)c(F)c(F)c(F)c2F)cc1. The first-order chi connectivity index (χ1) is 10.7. The molecular weight excluding hydrogens is 323 g/mol. The summed E-state index contributed by atoms with van der Waals surface area (Å²) in [5.74, 6) is -13.2. The lowest BCUT2D eigenvalue weighted by Crippen LogP contribution is -2.13. The summed E-state index contributed by atoms with van der Waals surface area (Å²) >= 11 is 0. The van der Waals surface area contributed by atoms with Crippen molar-refractivity contribution in [2.24, 2.45) is 0 Å². The van der Waals surface area contributed by atoms with Crippen LogP contribution >= 0.6 is 0 Å². The smallest absolute Gasteiger partial charge is 0.308 e. The van der Waals surface area contributed by atoms with E-state index in [0.29, 0.717) is 0 Å². The number of halogens is 5. The van der Waals surface area contributed by atoms with Gasteiger partial charge in [0.05, 0.1) is 0 Å². The zero-order chi connectivity index (χ0) is 17.3. The van der Waals surface area contributed by atoms with Gasteiger partial charge in [0.1, 0.15) is 11.3 Å². The van der Waals surface area contributed by atoms with E-state index >= 15 is 0 Å². The van der Waals surface area contributed by atoms with Crippen LogP contribution in [0.3, 0.4) is 0 Å². The molecule has 0 saturated carbocycles. The summed E-state index contributed by atoms with van der Waals surface area (Å²) < 4.78 is 71.0. The molecule has 120 valence electrons. The number of hydrogen-bond acceptors (Lipinski definition) is 3. The molecule has 0 spiro atoms. The van der Waals surface area contributed by atoms with Crippen LogP contribution in [0.2, 0.25) is 0 Å². The quantitative estimate of drug-likeness (QED) is 0.216. The lowest BCUT2D eigenvalue weighted by Gasteiger charge is -2.08. The highest BCUT2D eigenvalue weighted by Gasteiger charge is 2.30. The van der Waals surface area contributed by atoms with Crippen molar-refractivity contribution < 1.29 is 36.3 Å². The molecule has 0 aromatic heterocycles. The maximum Gasteiger partial charge on any atom is 0.308 e. The summed E-state index contributed by atoms with van der Waals surface area (Å²) in [6.45, 7) is 1.13. The monoisotopic (exact) mass is 330 g/mol. The first kappa shape index (κ1) is 16.6. The lowest BCUT2D eigenvalue weighted by molar-refractivity contribution is -0.131. The molecule has 0 aliphatic rings. The normalized spacial score (nSPS) is 10.5. The molecule has 0 bridgehead atoms. The Hall–Kier alpha value is -2.77. The Labute approximate surface area is 126 Å². The molecule has 2 rings (SSSR count). The fourth-order valence-electron chi connectivity index (χ4n) is 1.79. The van der Waals surface area contributed by atoms with Gasteiger partial charge >= 0.3 is 5.97 Å². The van der Waals surface area contributed by atoms with Gasteiger partial charge in [-0.1, -0.05) is 0 Å². The molecule has 0 aliphatic heterocycles. The van der Waals surface area contributed by atoms with Gasteiger partial charge in [-0.3, -0.25) is 9.59 Å². The number of rotatable bonds is 3. The van der Waals surface area contributed by atoms with Crippen molar-refractivity contribution in [2.75, 3.05) is 0 Å². The van der Waals surface area contributed by atoms with Gasteiger partial charge < -0.3 is 4.74 Å². The van der Waals surface area contributed by atoms with Gasteiger partial charge in [-0.25, -0.2) is 22.0 Å². The average Bonchev–Trinajstić information content (AvgIpc) is 2.51. The third-order valence-electron chi connectivity index (χ3n) is 2.81. The Morgan fingerprint density at radius 1 is 0.783 bits per heavy atom. The molecule has 0 amide bonds. The molecule has 0 heterocycles. The minimum Gasteiger partial charge on any atom is -0.427 e. The minimum absolute atomic E-state index is 0.0476. The molecule has 0 radical (unpaired) electrons. The van der Waals surface area contributed by atoms with E-state index in [1.165, 1.54) is 0 Å².